The minimum absolute atomic E-state index is 0.0447. The van der Waals surface area contributed by atoms with Crippen molar-refractivity contribution in [1.29, 1.82) is 0 Å². The van der Waals surface area contributed by atoms with Crippen LogP contribution in [0, 0.1) is 5.41 Å². The van der Waals surface area contributed by atoms with Crippen LogP contribution >= 0.6 is 11.6 Å². The van der Waals surface area contributed by atoms with Crippen LogP contribution < -0.4 is 0 Å². The van der Waals surface area contributed by atoms with Crippen LogP contribution in [0.1, 0.15) is 25.8 Å². The number of allylic oxidation sites excluding steroid dienone is 1. The molecular weight excluding hydrogens is 288 g/mol. The number of hydrogen-bond donors (Lipinski definition) is 1. The van der Waals surface area contributed by atoms with Gasteiger partial charge in [-0.2, -0.15) is 0 Å². The standard InChI is InChI=1S/C13H13ClO4S/c1-13(2,12(15)16)7-10-5-8-3-4-9(14)6-11(8)19(10,17)18/h3-6H,7H2,1-2H3,(H,15,16). The molecule has 6 heteroatoms. The van der Waals surface area contributed by atoms with Crippen LogP contribution in [0.5, 0.6) is 0 Å². The molecular formula is C13H13ClO4S. The second kappa shape index (κ2) is 4.35. The van der Waals surface area contributed by atoms with E-state index >= 15 is 0 Å². The van der Waals surface area contributed by atoms with Crippen molar-refractivity contribution < 1.29 is 18.3 Å². The van der Waals surface area contributed by atoms with Gasteiger partial charge in [-0.05, 0) is 44.0 Å². The molecule has 0 aliphatic carbocycles. The zero-order valence-corrected chi connectivity index (χ0v) is 12.0. The summed E-state index contributed by atoms with van der Waals surface area (Å²) < 4.78 is 24.6. The first-order valence-electron chi connectivity index (χ1n) is 5.63. The molecule has 102 valence electrons. The SMILES string of the molecule is CC(C)(CC1=Cc2ccc(Cl)cc2S1(=O)=O)C(=O)O. The third kappa shape index (κ3) is 2.40. The van der Waals surface area contributed by atoms with Gasteiger partial charge in [-0.25, -0.2) is 8.42 Å². The highest BCUT2D eigenvalue weighted by atomic mass is 35.5. The van der Waals surface area contributed by atoms with Gasteiger partial charge in [0.05, 0.1) is 15.2 Å². The molecule has 0 atom stereocenters. The summed E-state index contributed by atoms with van der Waals surface area (Å²) in [4.78, 5) is 11.4. The highest BCUT2D eigenvalue weighted by Gasteiger charge is 2.37. The van der Waals surface area contributed by atoms with Crippen LogP contribution in [-0.2, 0) is 14.6 Å². The van der Waals surface area contributed by atoms with E-state index in [9.17, 15) is 13.2 Å². The number of aliphatic carboxylic acids is 1. The average Bonchev–Trinajstić information content (AvgIpc) is 2.51. The molecule has 1 aromatic rings. The van der Waals surface area contributed by atoms with Crippen molar-refractivity contribution in [3.8, 4) is 0 Å². The number of hydrogen-bond acceptors (Lipinski definition) is 3. The number of carbonyl (C=O) groups is 1. The van der Waals surface area contributed by atoms with Gasteiger partial charge in [0.15, 0.2) is 0 Å². The predicted octanol–water partition coefficient (Wildman–Crippen LogP) is 2.97. The molecule has 1 aliphatic heterocycles. The minimum atomic E-state index is -3.62. The fourth-order valence-electron chi connectivity index (χ4n) is 1.91. The van der Waals surface area contributed by atoms with Gasteiger partial charge in [0.1, 0.15) is 0 Å². The highest BCUT2D eigenvalue weighted by molar-refractivity contribution is 7.95. The van der Waals surface area contributed by atoms with Crippen molar-refractivity contribution in [2.24, 2.45) is 5.41 Å². The van der Waals surface area contributed by atoms with E-state index in [2.05, 4.69) is 0 Å². The number of carboxylic acid groups (broad SMARTS) is 1. The second-order valence-electron chi connectivity index (χ2n) is 5.16. The fourth-order valence-corrected chi connectivity index (χ4v) is 3.98. The Bertz CT molecular complexity index is 687. The smallest absolute Gasteiger partial charge is 0.309 e. The van der Waals surface area contributed by atoms with E-state index < -0.39 is 21.2 Å². The van der Waals surface area contributed by atoms with Crippen molar-refractivity contribution in [1.82, 2.24) is 0 Å². The lowest BCUT2D eigenvalue weighted by molar-refractivity contribution is -0.146. The summed E-state index contributed by atoms with van der Waals surface area (Å²) in [5, 5.41) is 9.43. The molecule has 0 radical (unpaired) electrons. The van der Waals surface area contributed by atoms with Crippen LogP contribution in [0.3, 0.4) is 0 Å². The lowest BCUT2D eigenvalue weighted by Crippen LogP contribution is -2.25. The minimum Gasteiger partial charge on any atom is -0.481 e. The molecule has 0 amide bonds. The molecule has 19 heavy (non-hydrogen) atoms. The normalized spacial score (nSPS) is 16.9. The predicted molar refractivity (Wildman–Crippen MR) is 72.6 cm³/mol. The summed E-state index contributed by atoms with van der Waals surface area (Å²) in [6.07, 6.45) is 1.47. The zero-order chi connectivity index (χ0) is 14.4. The molecule has 0 unspecified atom stereocenters. The van der Waals surface area contributed by atoms with E-state index in [0.717, 1.165) is 0 Å². The Morgan fingerprint density at radius 1 is 1.37 bits per heavy atom. The molecule has 0 spiro atoms. The third-order valence-corrected chi connectivity index (χ3v) is 5.24. The first-order valence-corrected chi connectivity index (χ1v) is 7.49. The highest BCUT2D eigenvalue weighted by Crippen LogP contribution is 2.40. The molecule has 0 fully saturated rings. The van der Waals surface area contributed by atoms with Crippen molar-refractivity contribution in [3.63, 3.8) is 0 Å². The number of carboxylic acids is 1. The van der Waals surface area contributed by atoms with Gasteiger partial charge in [0, 0.05) is 5.02 Å². The Kier molecular flexibility index (Phi) is 3.23. The van der Waals surface area contributed by atoms with Gasteiger partial charge >= 0.3 is 5.97 Å². The van der Waals surface area contributed by atoms with Crippen LogP contribution in [0.25, 0.3) is 6.08 Å². The van der Waals surface area contributed by atoms with Crippen LogP contribution in [0.15, 0.2) is 28.0 Å². The van der Waals surface area contributed by atoms with Crippen LogP contribution in [0.2, 0.25) is 5.02 Å². The number of halogens is 1. The lowest BCUT2D eigenvalue weighted by Gasteiger charge is -2.19. The number of benzene rings is 1. The van der Waals surface area contributed by atoms with Crippen molar-refractivity contribution in [2.45, 2.75) is 25.2 Å². The fraction of sp³-hybridized carbons (Fsp3) is 0.308. The van der Waals surface area contributed by atoms with Gasteiger partial charge in [0.2, 0.25) is 9.84 Å². The Balaban J connectivity index is 2.45. The topological polar surface area (TPSA) is 71.4 Å². The largest absolute Gasteiger partial charge is 0.481 e. The Morgan fingerprint density at radius 3 is 2.58 bits per heavy atom. The van der Waals surface area contributed by atoms with Crippen molar-refractivity contribution in [3.05, 3.63) is 33.7 Å². The van der Waals surface area contributed by atoms with Gasteiger partial charge in [-0.15, -0.1) is 0 Å². The molecule has 4 nitrogen and oxygen atoms in total. The van der Waals surface area contributed by atoms with Crippen LogP contribution in [-0.4, -0.2) is 19.5 Å². The number of sulfone groups is 1. The maximum absolute atomic E-state index is 12.3. The Labute approximate surface area is 116 Å². The van der Waals surface area contributed by atoms with Crippen molar-refractivity contribution in [2.75, 3.05) is 0 Å². The van der Waals surface area contributed by atoms with E-state index in [4.69, 9.17) is 16.7 Å². The molecule has 0 bridgehead atoms. The summed E-state index contributed by atoms with van der Waals surface area (Å²) >= 11 is 5.80. The molecule has 1 N–H and O–H groups in total. The molecule has 0 saturated carbocycles. The van der Waals surface area contributed by atoms with Gasteiger partial charge in [-0.3, -0.25) is 4.79 Å². The van der Waals surface area contributed by atoms with Gasteiger partial charge < -0.3 is 5.11 Å². The summed E-state index contributed by atoms with van der Waals surface area (Å²) in [5.41, 5.74) is -0.578. The van der Waals surface area contributed by atoms with Crippen LogP contribution in [0.4, 0.5) is 0 Å². The molecule has 0 saturated heterocycles. The Morgan fingerprint density at radius 2 is 2.00 bits per heavy atom. The number of rotatable bonds is 3. The summed E-state index contributed by atoms with van der Waals surface area (Å²) in [5.74, 6) is -1.03. The lowest BCUT2D eigenvalue weighted by atomic mass is 9.89. The first kappa shape index (κ1) is 14.1. The number of fused-ring (bicyclic) bond motifs is 1. The molecule has 1 aliphatic rings. The summed E-state index contributed by atoms with van der Waals surface area (Å²) in [6, 6.07) is 4.62. The van der Waals surface area contributed by atoms with E-state index in [1.54, 1.807) is 12.1 Å². The molecule has 2 rings (SSSR count). The molecule has 1 aromatic carbocycles. The van der Waals surface area contributed by atoms with Gasteiger partial charge in [0.25, 0.3) is 0 Å². The quantitative estimate of drug-likeness (QED) is 0.931. The second-order valence-corrected chi connectivity index (χ2v) is 7.57. The van der Waals surface area contributed by atoms with E-state index in [0.29, 0.717) is 10.6 Å². The van der Waals surface area contributed by atoms with E-state index in [1.165, 1.54) is 26.0 Å². The maximum Gasteiger partial charge on any atom is 0.309 e. The first-order chi connectivity index (χ1) is 8.64. The van der Waals surface area contributed by atoms with Gasteiger partial charge in [-0.1, -0.05) is 17.7 Å². The van der Waals surface area contributed by atoms with E-state index in [1.807, 2.05) is 0 Å². The molecule has 1 heterocycles. The summed E-state index contributed by atoms with van der Waals surface area (Å²) in [6.45, 7) is 3.00. The third-order valence-electron chi connectivity index (χ3n) is 3.12. The zero-order valence-electron chi connectivity index (χ0n) is 10.5. The maximum atomic E-state index is 12.3. The monoisotopic (exact) mass is 300 g/mol. The Hall–Kier alpha value is -1.33. The van der Waals surface area contributed by atoms with Crippen molar-refractivity contribution >= 4 is 33.5 Å². The van der Waals surface area contributed by atoms with E-state index in [-0.39, 0.29) is 16.2 Å². The molecule has 0 aromatic heterocycles. The average molecular weight is 301 g/mol. The summed E-state index contributed by atoms with van der Waals surface area (Å²) in [7, 11) is -3.62.